The summed E-state index contributed by atoms with van der Waals surface area (Å²) in [5, 5.41) is 12.4. The minimum atomic E-state index is -0.315. The topological polar surface area (TPSA) is 89.2 Å². The van der Waals surface area contributed by atoms with Gasteiger partial charge in [0.25, 0.3) is 11.8 Å². The molecule has 0 aliphatic rings. The molecule has 2 amide bonds. The summed E-state index contributed by atoms with van der Waals surface area (Å²) in [5.41, 5.74) is 3.86. The van der Waals surface area contributed by atoms with E-state index < -0.39 is 0 Å². The number of amides is 2. The van der Waals surface area contributed by atoms with Crippen LogP contribution in [-0.4, -0.2) is 21.6 Å². The highest BCUT2D eigenvalue weighted by Gasteiger charge is 2.19. The van der Waals surface area contributed by atoms with Crippen molar-refractivity contribution in [2.75, 3.05) is 5.32 Å². The summed E-state index contributed by atoms with van der Waals surface area (Å²) in [7, 11) is 0. The number of hydrogen-bond donors (Lipinski definition) is 2. The van der Waals surface area contributed by atoms with Crippen LogP contribution in [0.25, 0.3) is 10.6 Å². The van der Waals surface area contributed by atoms with Crippen LogP contribution in [0, 0.1) is 0 Å². The van der Waals surface area contributed by atoms with Crippen molar-refractivity contribution in [3.8, 4) is 10.6 Å². The van der Waals surface area contributed by atoms with Crippen molar-refractivity contribution >= 4 is 28.8 Å². The maximum absolute atomic E-state index is 13.1. The lowest BCUT2D eigenvalue weighted by atomic mass is 10.1. The predicted octanol–water partition coefficient (Wildman–Crippen LogP) is 5.44. The average Bonchev–Trinajstić information content (AvgIpc) is 3.66. The van der Waals surface area contributed by atoms with Crippen LogP contribution in [0.5, 0.6) is 0 Å². The number of aromatic nitrogens is 2. The zero-order valence-electron chi connectivity index (χ0n) is 18.7. The number of nitrogens with one attached hydrogen (secondary N) is 2. The molecule has 174 valence electrons. The Morgan fingerprint density at radius 2 is 1.71 bits per heavy atom. The van der Waals surface area contributed by atoms with E-state index in [0.29, 0.717) is 30.0 Å². The Morgan fingerprint density at radius 1 is 0.886 bits per heavy atom. The number of benzene rings is 2. The van der Waals surface area contributed by atoms with Gasteiger partial charge in [-0.25, -0.2) is 0 Å². The van der Waals surface area contributed by atoms with Crippen molar-refractivity contribution in [2.45, 2.75) is 13.1 Å². The molecule has 0 bridgehead atoms. The first-order valence-corrected chi connectivity index (χ1v) is 11.9. The molecule has 0 aliphatic carbocycles. The molecule has 0 unspecified atom stereocenters. The Bertz CT molecular complexity index is 1410. The number of rotatable bonds is 8. The average molecular weight is 483 g/mol. The number of thiophene rings is 1. The highest BCUT2D eigenvalue weighted by molar-refractivity contribution is 7.13. The minimum absolute atomic E-state index is 0.192. The van der Waals surface area contributed by atoms with E-state index in [1.807, 2.05) is 60.0 Å². The van der Waals surface area contributed by atoms with Gasteiger partial charge in [0.15, 0.2) is 5.76 Å². The third-order valence-electron chi connectivity index (χ3n) is 5.36. The lowest BCUT2D eigenvalue weighted by Gasteiger charge is -2.07. The number of anilines is 1. The van der Waals surface area contributed by atoms with Crippen LogP contribution in [0.15, 0.2) is 101 Å². The van der Waals surface area contributed by atoms with Gasteiger partial charge in [-0.15, -0.1) is 11.3 Å². The summed E-state index contributed by atoms with van der Waals surface area (Å²) < 4.78 is 6.91. The maximum atomic E-state index is 13.1. The van der Waals surface area contributed by atoms with Gasteiger partial charge >= 0.3 is 0 Å². The monoisotopic (exact) mass is 482 g/mol. The Kier molecular flexibility index (Phi) is 6.54. The van der Waals surface area contributed by atoms with Crippen LogP contribution >= 0.6 is 11.3 Å². The van der Waals surface area contributed by atoms with E-state index in [9.17, 15) is 9.59 Å². The Hall–Kier alpha value is -4.43. The summed E-state index contributed by atoms with van der Waals surface area (Å²) in [6, 6.07) is 24.5. The lowest BCUT2D eigenvalue weighted by molar-refractivity contribution is 0.0950. The van der Waals surface area contributed by atoms with Gasteiger partial charge < -0.3 is 15.1 Å². The second-order valence-electron chi connectivity index (χ2n) is 7.86. The largest absolute Gasteiger partial charge is 0.459 e. The third-order valence-corrected chi connectivity index (χ3v) is 6.23. The van der Waals surface area contributed by atoms with Gasteiger partial charge in [0, 0.05) is 18.4 Å². The van der Waals surface area contributed by atoms with Crippen molar-refractivity contribution in [1.82, 2.24) is 15.1 Å². The molecule has 0 saturated carbocycles. The van der Waals surface area contributed by atoms with E-state index in [4.69, 9.17) is 9.52 Å². The summed E-state index contributed by atoms with van der Waals surface area (Å²) >= 11 is 1.55. The maximum Gasteiger partial charge on any atom is 0.291 e. The van der Waals surface area contributed by atoms with Crippen LogP contribution in [0.4, 0.5) is 5.69 Å². The lowest BCUT2D eigenvalue weighted by Crippen LogP contribution is -2.23. The van der Waals surface area contributed by atoms with Crippen molar-refractivity contribution in [1.29, 1.82) is 0 Å². The molecule has 5 rings (SSSR count). The van der Waals surface area contributed by atoms with Gasteiger partial charge in [-0.3, -0.25) is 14.3 Å². The zero-order chi connectivity index (χ0) is 24.0. The van der Waals surface area contributed by atoms with Crippen LogP contribution in [0.2, 0.25) is 0 Å². The van der Waals surface area contributed by atoms with Crippen molar-refractivity contribution in [3.63, 3.8) is 0 Å². The van der Waals surface area contributed by atoms with Gasteiger partial charge in [0.05, 0.1) is 23.2 Å². The molecular formula is C27H22N4O3S. The third kappa shape index (κ3) is 5.39. The molecule has 2 aromatic carbocycles. The van der Waals surface area contributed by atoms with Gasteiger partial charge in [-0.05, 0) is 46.8 Å². The first-order valence-electron chi connectivity index (χ1n) is 11.0. The van der Waals surface area contributed by atoms with Crippen molar-refractivity contribution in [2.24, 2.45) is 0 Å². The molecule has 3 heterocycles. The number of hydrogen-bond acceptors (Lipinski definition) is 5. The Morgan fingerprint density at radius 3 is 2.43 bits per heavy atom. The standard InChI is InChI=1S/C27H22N4O3S/c32-26(28-16-19-10-12-21(13-11-19)29-27(33)23-8-4-14-34-23)22-18-31(17-20-6-2-1-3-7-20)30-25(22)24-9-5-15-35-24/h1-15,18H,16-17H2,(H,28,32)(H,29,33). The first-order chi connectivity index (χ1) is 17.2. The van der Waals surface area contributed by atoms with E-state index in [1.54, 1.807) is 46.5 Å². The molecule has 35 heavy (non-hydrogen) atoms. The molecule has 0 atom stereocenters. The Labute approximate surface area is 206 Å². The summed E-state index contributed by atoms with van der Waals surface area (Å²) in [4.78, 5) is 26.2. The second-order valence-corrected chi connectivity index (χ2v) is 8.81. The fraction of sp³-hybridized carbons (Fsp3) is 0.0741. The summed E-state index contributed by atoms with van der Waals surface area (Å²) in [6.45, 7) is 0.927. The highest BCUT2D eigenvalue weighted by Crippen LogP contribution is 2.27. The second kappa shape index (κ2) is 10.2. The van der Waals surface area contributed by atoms with Crippen LogP contribution in [0.3, 0.4) is 0 Å². The smallest absolute Gasteiger partial charge is 0.291 e. The predicted molar refractivity (Wildman–Crippen MR) is 135 cm³/mol. The van der Waals surface area contributed by atoms with Crippen molar-refractivity contribution < 1.29 is 14.0 Å². The van der Waals surface area contributed by atoms with Crippen LogP contribution in [0.1, 0.15) is 32.0 Å². The molecule has 0 radical (unpaired) electrons. The number of furan rings is 1. The van der Waals surface area contributed by atoms with E-state index in [0.717, 1.165) is 16.0 Å². The van der Waals surface area contributed by atoms with E-state index >= 15 is 0 Å². The number of carbonyl (C=O) groups excluding carboxylic acids is 2. The first kappa shape index (κ1) is 22.4. The molecule has 2 N–H and O–H groups in total. The van der Waals surface area contributed by atoms with Crippen molar-refractivity contribution in [3.05, 3.63) is 119 Å². The minimum Gasteiger partial charge on any atom is -0.459 e. The SMILES string of the molecule is O=C(Nc1ccc(CNC(=O)c2cn(Cc3ccccc3)nc2-c2cccs2)cc1)c1ccco1. The molecule has 7 nitrogen and oxygen atoms in total. The van der Waals surface area contributed by atoms with Crippen LogP contribution in [-0.2, 0) is 13.1 Å². The van der Waals surface area contributed by atoms with E-state index in [1.165, 1.54) is 6.26 Å². The Balaban J connectivity index is 1.26. The fourth-order valence-corrected chi connectivity index (χ4v) is 4.34. The molecule has 3 aromatic heterocycles. The van der Waals surface area contributed by atoms with Crippen LogP contribution < -0.4 is 10.6 Å². The van der Waals surface area contributed by atoms with E-state index in [-0.39, 0.29) is 17.6 Å². The zero-order valence-corrected chi connectivity index (χ0v) is 19.5. The highest BCUT2D eigenvalue weighted by atomic mass is 32.1. The van der Waals surface area contributed by atoms with Gasteiger partial charge in [-0.2, -0.15) is 5.10 Å². The van der Waals surface area contributed by atoms with Gasteiger partial charge in [0.1, 0.15) is 5.69 Å². The summed E-state index contributed by atoms with van der Waals surface area (Å²) in [5.74, 6) is -0.261. The van der Waals surface area contributed by atoms with Gasteiger partial charge in [0.2, 0.25) is 0 Å². The molecule has 8 heteroatoms. The molecule has 0 fully saturated rings. The molecule has 5 aromatic rings. The quantitative estimate of drug-likeness (QED) is 0.308. The number of nitrogens with zero attached hydrogens (tertiary/aromatic N) is 2. The molecule has 0 aliphatic heterocycles. The van der Waals surface area contributed by atoms with E-state index in [2.05, 4.69) is 10.6 Å². The fourth-order valence-electron chi connectivity index (χ4n) is 3.62. The molecule has 0 spiro atoms. The molecular weight excluding hydrogens is 460 g/mol. The molecule has 0 saturated heterocycles. The normalized spacial score (nSPS) is 10.7. The number of carbonyl (C=O) groups is 2. The van der Waals surface area contributed by atoms with Gasteiger partial charge in [-0.1, -0.05) is 48.5 Å². The summed E-state index contributed by atoms with van der Waals surface area (Å²) in [6.07, 6.45) is 3.25.